The van der Waals surface area contributed by atoms with E-state index in [9.17, 15) is 4.79 Å². The van der Waals surface area contributed by atoms with Gasteiger partial charge in [0.2, 0.25) is 0 Å². The lowest BCUT2D eigenvalue weighted by Crippen LogP contribution is -2.27. The Morgan fingerprint density at radius 3 is 2.81 bits per heavy atom. The standard InChI is InChI=1S/C18H16N2O/c21-18(17-11-13-6-2-4-8-15(13)19-17)20-16-10-9-12-5-1-3-7-14(12)16/h1-8,11,16,19H,9-10H2,(H,20,21)/t16-/m0/s1. The summed E-state index contributed by atoms with van der Waals surface area (Å²) >= 11 is 0. The molecule has 1 aromatic heterocycles. The molecule has 0 saturated heterocycles. The third-order valence-corrected chi connectivity index (χ3v) is 4.21. The van der Waals surface area contributed by atoms with Crippen LogP contribution in [0, 0.1) is 0 Å². The Bertz CT molecular complexity index is 786. The number of carbonyl (C=O) groups excluding carboxylic acids is 1. The number of hydrogen-bond donors (Lipinski definition) is 2. The second kappa shape index (κ2) is 4.77. The topological polar surface area (TPSA) is 44.9 Å². The molecule has 0 radical (unpaired) electrons. The zero-order chi connectivity index (χ0) is 14.2. The van der Waals surface area contributed by atoms with E-state index in [0.717, 1.165) is 23.7 Å². The van der Waals surface area contributed by atoms with Crippen LogP contribution in [0.15, 0.2) is 54.6 Å². The predicted molar refractivity (Wildman–Crippen MR) is 83.3 cm³/mol. The van der Waals surface area contributed by atoms with Gasteiger partial charge in [-0.25, -0.2) is 0 Å². The van der Waals surface area contributed by atoms with E-state index < -0.39 is 0 Å². The zero-order valence-electron chi connectivity index (χ0n) is 11.6. The van der Waals surface area contributed by atoms with Crippen molar-refractivity contribution in [1.29, 1.82) is 0 Å². The number of nitrogens with one attached hydrogen (secondary N) is 2. The number of rotatable bonds is 2. The van der Waals surface area contributed by atoms with Crippen molar-refractivity contribution in [3.63, 3.8) is 0 Å². The fourth-order valence-corrected chi connectivity index (χ4v) is 3.14. The van der Waals surface area contributed by atoms with Crippen LogP contribution in [0.4, 0.5) is 0 Å². The number of aryl methyl sites for hydroxylation is 1. The second-order valence-electron chi connectivity index (χ2n) is 5.53. The van der Waals surface area contributed by atoms with Crippen molar-refractivity contribution in [3.8, 4) is 0 Å². The van der Waals surface area contributed by atoms with E-state index in [-0.39, 0.29) is 11.9 Å². The van der Waals surface area contributed by atoms with Gasteiger partial charge >= 0.3 is 0 Å². The number of H-pyrrole nitrogens is 1. The molecule has 1 aliphatic rings. The maximum Gasteiger partial charge on any atom is 0.268 e. The molecule has 0 bridgehead atoms. The van der Waals surface area contributed by atoms with Gasteiger partial charge in [0.15, 0.2) is 0 Å². The first kappa shape index (κ1) is 12.2. The number of carbonyl (C=O) groups is 1. The molecule has 0 aliphatic heterocycles. The number of hydrogen-bond acceptors (Lipinski definition) is 1. The van der Waals surface area contributed by atoms with Crippen molar-refractivity contribution >= 4 is 16.8 Å². The molecule has 0 unspecified atom stereocenters. The van der Waals surface area contributed by atoms with Crippen LogP contribution in [-0.4, -0.2) is 10.9 Å². The molecule has 3 heteroatoms. The van der Waals surface area contributed by atoms with Crippen LogP contribution in [-0.2, 0) is 6.42 Å². The van der Waals surface area contributed by atoms with Crippen molar-refractivity contribution in [2.75, 3.05) is 0 Å². The molecule has 0 fully saturated rings. The molecule has 3 nitrogen and oxygen atoms in total. The van der Waals surface area contributed by atoms with Crippen LogP contribution < -0.4 is 5.32 Å². The van der Waals surface area contributed by atoms with Crippen molar-refractivity contribution < 1.29 is 4.79 Å². The summed E-state index contributed by atoms with van der Waals surface area (Å²) in [6, 6.07) is 18.3. The fraction of sp³-hybridized carbons (Fsp3) is 0.167. The number of aromatic amines is 1. The van der Waals surface area contributed by atoms with Gasteiger partial charge < -0.3 is 10.3 Å². The van der Waals surface area contributed by atoms with Gasteiger partial charge in [-0.1, -0.05) is 42.5 Å². The van der Waals surface area contributed by atoms with Crippen molar-refractivity contribution in [1.82, 2.24) is 10.3 Å². The molecule has 3 aromatic rings. The summed E-state index contributed by atoms with van der Waals surface area (Å²) in [7, 11) is 0. The lowest BCUT2D eigenvalue weighted by Gasteiger charge is -2.13. The first-order valence-corrected chi connectivity index (χ1v) is 7.28. The minimum absolute atomic E-state index is 0.0343. The van der Waals surface area contributed by atoms with E-state index in [0.29, 0.717) is 5.69 Å². The summed E-state index contributed by atoms with van der Waals surface area (Å²) in [5, 5.41) is 4.21. The number of aromatic nitrogens is 1. The van der Waals surface area contributed by atoms with Gasteiger partial charge in [-0.2, -0.15) is 0 Å². The average molecular weight is 276 g/mol. The quantitative estimate of drug-likeness (QED) is 0.738. The molecule has 1 atom stereocenters. The van der Waals surface area contributed by atoms with Crippen LogP contribution >= 0.6 is 0 Å². The highest BCUT2D eigenvalue weighted by atomic mass is 16.1. The minimum Gasteiger partial charge on any atom is -0.351 e. The van der Waals surface area contributed by atoms with Gasteiger partial charge in [-0.3, -0.25) is 4.79 Å². The zero-order valence-corrected chi connectivity index (χ0v) is 11.6. The van der Waals surface area contributed by atoms with Gasteiger partial charge in [0.1, 0.15) is 5.69 Å². The number of amides is 1. The predicted octanol–water partition coefficient (Wildman–Crippen LogP) is 3.59. The Balaban J connectivity index is 1.59. The summed E-state index contributed by atoms with van der Waals surface area (Å²) in [6.45, 7) is 0. The smallest absolute Gasteiger partial charge is 0.268 e. The Morgan fingerprint density at radius 2 is 1.90 bits per heavy atom. The number of para-hydroxylation sites is 1. The lowest BCUT2D eigenvalue weighted by atomic mass is 10.1. The minimum atomic E-state index is -0.0343. The summed E-state index contributed by atoms with van der Waals surface area (Å²) in [5.74, 6) is -0.0343. The first-order valence-electron chi connectivity index (χ1n) is 7.28. The molecule has 21 heavy (non-hydrogen) atoms. The van der Waals surface area contributed by atoms with Crippen LogP contribution in [0.3, 0.4) is 0 Å². The van der Waals surface area contributed by atoms with Gasteiger partial charge in [-0.15, -0.1) is 0 Å². The van der Waals surface area contributed by atoms with Crippen molar-refractivity contribution in [2.45, 2.75) is 18.9 Å². The molecular weight excluding hydrogens is 260 g/mol. The van der Waals surface area contributed by atoms with E-state index >= 15 is 0 Å². The maximum atomic E-state index is 12.4. The summed E-state index contributed by atoms with van der Waals surface area (Å²) in [6.07, 6.45) is 2.01. The Morgan fingerprint density at radius 1 is 1.10 bits per heavy atom. The number of fused-ring (bicyclic) bond motifs is 2. The van der Waals surface area contributed by atoms with Gasteiger partial charge in [0.25, 0.3) is 5.91 Å². The molecule has 1 aliphatic carbocycles. The van der Waals surface area contributed by atoms with Crippen LogP contribution in [0.1, 0.15) is 34.1 Å². The lowest BCUT2D eigenvalue weighted by molar-refractivity contribution is 0.0932. The van der Waals surface area contributed by atoms with E-state index in [1.807, 2.05) is 36.4 Å². The molecule has 4 rings (SSSR count). The van der Waals surface area contributed by atoms with E-state index in [4.69, 9.17) is 0 Å². The molecule has 2 N–H and O–H groups in total. The molecule has 2 aromatic carbocycles. The first-order chi connectivity index (χ1) is 10.3. The molecular formula is C18H16N2O. The molecule has 0 saturated carbocycles. The van der Waals surface area contributed by atoms with Crippen LogP contribution in [0.2, 0.25) is 0 Å². The SMILES string of the molecule is O=C(N[C@H]1CCc2ccccc21)c1cc2ccccc2[nH]1. The van der Waals surface area contributed by atoms with Crippen molar-refractivity contribution in [2.24, 2.45) is 0 Å². The summed E-state index contributed by atoms with van der Waals surface area (Å²) in [5.41, 5.74) is 4.22. The van der Waals surface area contributed by atoms with Gasteiger partial charge in [0.05, 0.1) is 6.04 Å². The highest BCUT2D eigenvalue weighted by Gasteiger charge is 2.24. The third kappa shape index (κ3) is 2.11. The van der Waals surface area contributed by atoms with Gasteiger partial charge in [0, 0.05) is 10.9 Å². The third-order valence-electron chi connectivity index (χ3n) is 4.21. The Kier molecular flexibility index (Phi) is 2.78. The van der Waals surface area contributed by atoms with E-state index in [1.165, 1.54) is 11.1 Å². The van der Waals surface area contributed by atoms with Crippen molar-refractivity contribution in [3.05, 3.63) is 71.4 Å². The fourth-order valence-electron chi connectivity index (χ4n) is 3.14. The highest BCUT2D eigenvalue weighted by molar-refractivity contribution is 5.98. The average Bonchev–Trinajstić information content (AvgIpc) is 3.11. The van der Waals surface area contributed by atoms with Crippen LogP contribution in [0.5, 0.6) is 0 Å². The molecule has 1 heterocycles. The molecule has 0 spiro atoms. The van der Waals surface area contributed by atoms with Crippen LogP contribution in [0.25, 0.3) is 10.9 Å². The van der Waals surface area contributed by atoms with E-state index in [1.54, 1.807) is 0 Å². The normalized spacial score (nSPS) is 16.9. The monoisotopic (exact) mass is 276 g/mol. The number of benzene rings is 2. The van der Waals surface area contributed by atoms with Gasteiger partial charge in [-0.05, 0) is 36.1 Å². The Labute approximate surface area is 123 Å². The Hall–Kier alpha value is -2.55. The second-order valence-corrected chi connectivity index (χ2v) is 5.53. The maximum absolute atomic E-state index is 12.4. The summed E-state index contributed by atoms with van der Waals surface area (Å²) < 4.78 is 0. The molecule has 104 valence electrons. The largest absolute Gasteiger partial charge is 0.351 e. The molecule has 1 amide bonds. The summed E-state index contributed by atoms with van der Waals surface area (Å²) in [4.78, 5) is 15.6. The highest BCUT2D eigenvalue weighted by Crippen LogP contribution is 2.31. The van der Waals surface area contributed by atoms with E-state index in [2.05, 4.69) is 28.5 Å².